The van der Waals surface area contributed by atoms with Gasteiger partial charge in [0.05, 0.1) is 25.2 Å². The molecule has 0 heterocycles. The Labute approximate surface area is 356 Å². The third kappa shape index (κ3) is 39.6. The van der Waals surface area contributed by atoms with Crippen LogP contribution in [-0.2, 0) is 14.3 Å². The van der Waals surface area contributed by atoms with Crippen LogP contribution in [0.5, 0.6) is 0 Å². The lowest BCUT2D eigenvalue weighted by molar-refractivity contribution is -0.151. The molecule has 0 spiro atoms. The normalized spacial score (nSPS) is 14.2. The summed E-state index contributed by atoms with van der Waals surface area (Å²) in [6.07, 6.45) is 58.9. The quantitative estimate of drug-likeness (QED) is 0.0248. The minimum Gasteiger partial charge on any atom is -0.462 e. The van der Waals surface area contributed by atoms with Gasteiger partial charge in [0, 0.05) is 6.42 Å². The lowest BCUT2D eigenvalue weighted by Crippen LogP contribution is -2.46. The van der Waals surface area contributed by atoms with Crippen molar-refractivity contribution in [3.05, 3.63) is 97.2 Å². The minimum absolute atomic E-state index is 0.0281. The summed E-state index contributed by atoms with van der Waals surface area (Å²) in [5.74, 6) is -0.595. The monoisotopic (exact) mass is 806 g/mol. The van der Waals surface area contributed by atoms with Gasteiger partial charge in [-0.15, -0.1) is 0 Å². The van der Waals surface area contributed by atoms with E-state index in [9.17, 15) is 19.8 Å². The fourth-order valence-corrected chi connectivity index (χ4v) is 6.53. The van der Waals surface area contributed by atoms with Crippen LogP contribution in [0.15, 0.2) is 97.2 Å². The van der Waals surface area contributed by atoms with Gasteiger partial charge in [-0.2, -0.15) is 0 Å². The Kier molecular flexibility index (Phi) is 42.4. The number of rotatable bonds is 40. The van der Waals surface area contributed by atoms with Crippen molar-refractivity contribution >= 4 is 11.9 Å². The first-order valence-corrected chi connectivity index (χ1v) is 23.5. The van der Waals surface area contributed by atoms with Gasteiger partial charge in [-0.05, 0) is 70.6 Å². The van der Waals surface area contributed by atoms with Gasteiger partial charge in [0.2, 0.25) is 5.91 Å². The smallest absolute Gasteiger partial charge is 0.306 e. The highest BCUT2D eigenvalue weighted by atomic mass is 16.5. The van der Waals surface area contributed by atoms with E-state index in [0.29, 0.717) is 19.3 Å². The molecule has 0 saturated heterocycles. The highest BCUT2D eigenvalue weighted by Crippen LogP contribution is 2.17. The number of carbonyl (C=O) groups excluding carboxylic acids is 2. The lowest BCUT2D eigenvalue weighted by atomic mass is 10.0. The van der Waals surface area contributed by atoms with Gasteiger partial charge in [-0.3, -0.25) is 9.59 Å². The van der Waals surface area contributed by atoms with E-state index in [4.69, 9.17) is 4.74 Å². The third-order valence-electron chi connectivity index (χ3n) is 10.0. The van der Waals surface area contributed by atoms with Crippen molar-refractivity contribution in [1.82, 2.24) is 5.32 Å². The second-order valence-electron chi connectivity index (χ2n) is 15.5. The largest absolute Gasteiger partial charge is 0.462 e. The number of aliphatic hydroxyl groups is 2. The summed E-state index contributed by atoms with van der Waals surface area (Å²) in [4.78, 5) is 26.0. The highest BCUT2D eigenvalue weighted by Gasteiger charge is 2.24. The van der Waals surface area contributed by atoms with E-state index in [1.807, 2.05) is 54.7 Å². The predicted octanol–water partition coefficient (Wildman–Crippen LogP) is 13.8. The molecular formula is C52H87NO5. The molecule has 0 fully saturated rings. The number of nitrogens with one attached hydrogen (secondary N) is 1. The van der Waals surface area contributed by atoms with Crippen LogP contribution in [0.1, 0.15) is 194 Å². The number of unbranched alkanes of at least 4 members (excludes halogenated alkanes) is 16. The molecular weight excluding hydrogens is 719 g/mol. The Hall–Kier alpha value is -3.22. The summed E-state index contributed by atoms with van der Waals surface area (Å²) >= 11 is 0. The molecule has 6 nitrogen and oxygen atoms in total. The van der Waals surface area contributed by atoms with Crippen LogP contribution in [0.4, 0.5) is 0 Å². The van der Waals surface area contributed by atoms with Gasteiger partial charge in [0.25, 0.3) is 0 Å². The van der Waals surface area contributed by atoms with Crippen molar-refractivity contribution in [3.8, 4) is 0 Å². The minimum atomic E-state index is -0.810. The molecule has 0 aliphatic carbocycles. The Morgan fingerprint density at radius 1 is 0.534 bits per heavy atom. The summed E-state index contributed by atoms with van der Waals surface area (Å²) in [5.41, 5.74) is 0. The van der Waals surface area contributed by atoms with Crippen molar-refractivity contribution in [2.75, 3.05) is 6.61 Å². The van der Waals surface area contributed by atoms with E-state index in [1.165, 1.54) is 57.8 Å². The molecule has 0 aliphatic rings. The van der Waals surface area contributed by atoms with E-state index < -0.39 is 18.2 Å². The Bertz CT molecular complexity index is 1180. The topological polar surface area (TPSA) is 95.9 Å². The van der Waals surface area contributed by atoms with Gasteiger partial charge in [-0.25, -0.2) is 0 Å². The molecule has 0 saturated carbocycles. The molecule has 6 heteroatoms. The fourth-order valence-electron chi connectivity index (χ4n) is 6.53. The van der Waals surface area contributed by atoms with Crippen LogP contribution in [0, 0.1) is 0 Å². The van der Waals surface area contributed by atoms with E-state index in [-0.39, 0.29) is 31.3 Å². The van der Waals surface area contributed by atoms with Gasteiger partial charge >= 0.3 is 5.97 Å². The van der Waals surface area contributed by atoms with E-state index in [2.05, 4.69) is 68.6 Å². The SMILES string of the molecule is CC/C=C/C=C/C=C\C=C/C=C/CCCC(=O)OC(CCCCCC/C=C/C/C=C/C/C=C/CC)CC(=O)NC(CO)C(O)CCCCCCCCCCCCCC. The zero-order valence-electron chi connectivity index (χ0n) is 37.4. The molecule has 330 valence electrons. The molecule has 0 bridgehead atoms. The number of hydrogen-bond donors (Lipinski definition) is 3. The van der Waals surface area contributed by atoms with Crippen LogP contribution in [-0.4, -0.2) is 46.9 Å². The molecule has 0 aromatic rings. The van der Waals surface area contributed by atoms with Crippen molar-refractivity contribution in [1.29, 1.82) is 0 Å². The molecule has 0 aromatic heterocycles. The molecule has 0 rings (SSSR count). The average molecular weight is 806 g/mol. The molecule has 0 aliphatic heterocycles. The van der Waals surface area contributed by atoms with Crippen molar-refractivity contribution < 1.29 is 24.5 Å². The van der Waals surface area contributed by atoms with Crippen molar-refractivity contribution in [3.63, 3.8) is 0 Å². The van der Waals surface area contributed by atoms with Gasteiger partial charge in [0.1, 0.15) is 6.10 Å². The first kappa shape index (κ1) is 54.8. The molecule has 3 N–H and O–H groups in total. The molecule has 58 heavy (non-hydrogen) atoms. The molecule has 1 amide bonds. The number of esters is 1. The number of aliphatic hydroxyl groups excluding tert-OH is 2. The summed E-state index contributed by atoms with van der Waals surface area (Å²) in [6, 6.07) is -0.728. The first-order chi connectivity index (χ1) is 28.5. The fraction of sp³-hybridized carbons (Fsp3) is 0.654. The average Bonchev–Trinajstić information content (AvgIpc) is 3.22. The van der Waals surface area contributed by atoms with Crippen molar-refractivity contribution in [2.24, 2.45) is 0 Å². The van der Waals surface area contributed by atoms with Crippen LogP contribution in [0.3, 0.4) is 0 Å². The number of amides is 1. The third-order valence-corrected chi connectivity index (χ3v) is 10.0. The van der Waals surface area contributed by atoms with Crippen LogP contribution in [0.25, 0.3) is 0 Å². The van der Waals surface area contributed by atoms with Crippen LogP contribution >= 0.6 is 0 Å². The summed E-state index contributed by atoms with van der Waals surface area (Å²) in [5, 5.41) is 23.7. The number of hydrogen-bond acceptors (Lipinski definition) is 5. The molecule has 3 atom stereocenters. The van der Waals surface area contributed by atoms with Crippen LogP contribution < -0.4 is 5.32 Å². The highest BCUT2D eigenvalue weighted by molar-refractivity contribution is 5.77. The predicted molar refractivity (Wildman–Crippen MR) is 250 cm³/mol. The molecule has 0 aromatic carbocycles. The number of carbonyl (C=O) groups is 2. The number of allylic oxidation sites excluding steroid dienone is 16. The zero-order chi connectivity index (χ0) is 42.4. The zero-order valence-corrected chi connectivity index (χ0v) is 37.4. The molecule has 0 radical (unpaired) electrons. The van der Waals surface area contributed by atoms with Crippen LogP contribution in [0.2, 0.25) is 0 Å². The van der Waals surface area contributed by atoms with Gasteiger partial charge in [-0.1, -0.05) is 208 Å². The first-order valence-electron chi connectivity index (χ1n) is 23.5. The lowest BCUT2D eigenvalue weighted by Gasteiger charge is -2.24. The standard InChI is InChI=1S/C52H87NO5/c1-4-7-10-13-16-19-22-25-27-28-31-34-37-40-43-48(58-52(57)45-42-39-36-33-30-26-23-20-17-14-11-8-5-2)46-51(56)53-49(47-54)50(55)44-41-38-35-32-29-24-21-18-15-12-9-6-3/h7-8,10-11,14,16-17,19-20,23,25-27,30,33,36,48-50,54-55H,4-6,9,12-13,15,18,21-22,24,28-29,31-32,34-35,37-47H2,1-3H3,(H,53,56)/b10-7+,11-8+,17-14+,19-16+,23-20-,27-25+,30-26-,36-33+. The summed E-state index contributed by atoms with van der Waals surface area (Å²) < 4.78 is 5.86. The second-order valence-corrected chi connectivity index (χ2v) is 15.5. The summed E-state index contributed by atoms with van der Waals surface area (Å²) in [7, 11) is 0. The van der Waals surface area contributed by atoms with E-state index in [0.717, 1.165) is 83.5 Å². The summed E-state index contributed by atoms with van der Waals surface area (Å²) in [6.45, 7) is 6.18. The Balaban J connectivity index is 4.78. The maximum Gasteiger partial charge on any atom is 0.306 e. The van der Waals surface area contributed by atoms with Crippen molar-refractivity contribution in [2.45, 2.75) is 212 Å². The maximum atomic E-state index is 13.1. The van der Waals surface area contributed by atoms with E-state index in [1.54, 1.807) is 0 Å². The van der Waals surface area contributed by atoms with Gasteiger partial charge in [0.15, 0.2) is 0 Å². The molecule has 3 unspecified atom stereocenters. The Morgan fingerprint density at radius 3 is 1.60 bits per heavy atom. The maximum absolute atomic E-state index is 13.1. The number of ether oxygens (including phenoxy) is 1. The second kappa shape index (κ2) is 44.9. The van der Waals surface area contributed by atoms with E-state index >= 15 is 0 Å². The van der Waals surface area contributed by atoms with Gasteiger partial charge < -0.3 is 20.3 Å². The Morgan fingerprint density at radius 2 is 1.02 bits per heavy atom.